The van der Waals surface area contributed by atoms with Crippen LogP contribution < -0.4 is 0 Å². The highest BCUT2D eigenvalue weighted by Gasteiger charge is 2.35. The lowest BCUT2D eigenvalue weighted by molar-refractivity contribution is -0.285. The first kappa shape index (κ1) is 26.5. The lowest BCUT2D eigenvalue weighted by Gasteiger charge is -2.41. The van der Waals surface area contributed by atoms with Crippen molar-refractivity contribution >= 4 is 17.9 Å². The number of hydroxylamine groups is 2. The minimum absolute atomic E-state index is 0.278. The molecule has 10 heteroatoms. The second-order valence-corrected chi connectivity index (χ2v) is 9.41. The van der Waals surface area contributed by atoms with Crippen LogP contribution in [0.2, 0.25) is 0 Å². The minimum atomic E-state index is -0.976. The molecule has 0 bridgehead atoms. The van der Waals surface area contributed by atoms with Crippen molar-refractivity contribution in [2.45, 2.75) is 65.0 Å². The Labute approximate surface area is 193 Å². The Morgan fingerprint density at radius 2 is 1.82 bits per heavy atom. The van der Waals surface area contributed by atoms with E-state index in [0.717, 1.165) is 5.56 Å². The summed E-state index contributed by atoms with van der Waals surface area (Å²) in [5.74, 6) is -2.33. The number of halogens is 1. The molecule has 9 nitrogen and oxygen atoms in total. The van der Waals surface area contributed by atoms with E-state index in [4.69, 9.17) is 15.2 Å². The van der Waals surface area contributed by atoms with Crippen molar-refractivity contribution in [3.63, 3.8) is 0 Å². The van der Waals surface area contributed by atoms with Crippen molar-refractivity contribution in [2.75, 3.05) is 19.6 Å². The van der Waals surface area contributed by atoms with E-state index in [9.17, 15) is 18.8 Å². The Bertz CT molecular complexity index is 824. The molecule has 2 rings (SSSR count). The number of carbonyl (C=O) groups is 3. The highest BCUT2D eigenvalue weighted by molar-refractivity contribution is 5.85. The molecule has 1 aliphatic heterocycles. The number of hydrogen-bond acceptors (Lipinski definition) is 6. The zero-order valence-electron chi connectivity index (χ0n) is 19.7. The normalized spacial score (nSPS) is 17.5. The molecule has 2 atom stereocenters. The van der Waals surface area contributed by atoms with Crippen LogP contribution in [0.5, 0.6) is 0 Å². The molecular formula is C23H34FN3O6. The van der Waals surface area contributed by atoms with Crippen LogP contribution in [0.3, 0.4) is 0 Å². The summed E-state index contributed by atoms with van der Waals surface area (Å²) in [6, 6.07) is 5.78. The number of amides is 3. The molecule has 0 spiro atoms. The van der Waals surface area contributed by atoms with Gasteiger partial charge in [0.05, 0.1) is 0 Å². The molecule has 1 saturated heterocycles. The number of nitrogens with zero attached hydrogens (tertiary/aromatic N) is 3. The van der Waals surface area contributed by atoms with E-state index in [1.807, 2.05) is 6.92 Å². The van der Waals surface area contributed by atoms with Crippen molar-refractivity contribution in [1.82, 2.24) is 15.0 Å². The molecule has 0 radical (unpaired) electrons. The van der Waals surface area contributed by atoms with Gasteiger partial charge in [-0.2, -0.15) is 0 Å². The molecule has 1 aromatic carbocycles. The van der Waals surface area contributed by atoms with Gasteiger partial charge in [0, 0.05) is 38.0 Å². The maximum absolute atomic E-state index is 13.2. The van der Waals surface area contributed by atoms with Crippen LogP contribution in [0.1, 0.15) is 52.5 Å². The minimum Gasteiger partial charge on any atom is -0.444 e. The molecule has 1 aromatic rings. The molecule has 33 heavy (non-hydrogen) atoms. The van der Waals surface area contributed by atoms with Crippen LogP contribution >= 0.6 is 0 Å². The van der Waals surface area contributed by atoms with E-state index in [1.54, 1.807) is 42.7 Å². The van der Waals surface area contributed by atoms with Crippen molar-refractivity contribution in [3.8, 4) is 0 Å². The second-order valence-electron chi connectivity index (χ2n) is 9.41. The predicted octanol–water partition coefficient (Wildman–Crippen LogP) is 3.23. The van der Waals surface area contributed by atoms with Crippen LogP contribution in [-0.2, 0) is 20.7 Å². The van der Waals surface area contributed by atoms with Gasteiger partial charge in [0.2, 0.25) is 5.91 Å². The number of ether oxygens (including phenoxy) is 1. The summed E-state index contributed by atoms with van der Waals surface area (Å²) in [5.41, 5.74) is 0.277. The van der Waals surface area contributed by atoms with E-state index in [2.05, 4.69) is 0 Å². The third-order valence-corrected chi connectivity index (χ3v) is 5.49. The molecule has 0 aliphatic carbocycles. The van der Waals surface area contributed by atoms with Gasteiger partial charge in [-0.1, -0.05) is 17.4 Å². The first-order valence-corrected chi connectivity index (χ1v) is 11.1. The number of benzene rings is 1. The van der Waals surface area contributed by atoms with Gasteiger partial charge < -0.3 is 14.5 Å². The smallest absolute Gasteiger partial charge is 0.410 e. The Balaban J connectivity index is 2.00. The zero-order chi connectivity index (χ0) is 24.8. The molecule has 1 aliphatic rings. The molecule has 2 N–H and O–H groups in total. The third kappa shape index (κ3) is 8.29. The third-order valence-electron chi connectivity index (χ3n) is 5.49. The van der Waals surface area contributed by atoms with Crippen LogP contribution in [0.4, 0.5) is 9.18 Å². The molecule has 0 saturated carbocycles. The summed E-state index contributed by atoms with van der Waals surface area (Å²) in [6.07, 6.45) is 0.693. The Morgan fingerprint density at radius 3 is 2.36 bits per heavy atom. The van der Waals surface area contributed by atoms with Crippen molar-refractivity contribution in [1.29, 1.82) is 0 Å². The number of piperazine rings is 1. The van der Waals surface area contributed by atoms with Gasteiger partial charge in [-0.15, -0.1) is 0 Å². The van der Waals surface area contributed by atoms with E-state index < -0.39 is 28.7 Å². The van der Waals surface area contributed by atoms with E-state index in [1.165, 1.54) is 12.1 Å². The monoisotopic (exact) mass is 467 g/mol. The number of hydrogen-bond donors (Lipinski definition) is 2. The molecule has 1 heterocycles. The van der Waals surface area contributed by atoms with Crippen molar-refractivity contribution < 1.29 is 33.9 Å². The van der Waals surface area contributed by atoms with Gasteiger partial charge in [-0.05, 0) is 64.7 Å². The lowest BCUT2D eigenvalue weighted by Crippen LogP contribution is -2.57. The summed E-state index contributed by atoms with van der Waals surface area (Å²) in [7, 11) is 0. The quantitative estimate of drug-likeness (QED) is 0.471. The molecule has 0 aromatic heterocycles. The van der Waals surface area contributed by atoms with Gasteiger partial charge in [0.25, 0.3) is 5.91 Å². The predicted molar refractivity (Wildman–Crippen MR) is 117 cm³/mol. The average Bonchev–Trinajstić information content (AvgIpc) is 2.72. The van der Waals surface area contributed by atoms with Crippen LogP contribution in [-0.4, -0.2) is 74.6 Å². The van der Waals surface area contributed by atoms with Gasteiger partial charge in [0.1, 0.15) is 11.4 Å². The van der Waals surface area contributed by atoms with Crippen LogP contribution in [0, 0.1) is 11.7 Å². The highest BCUT2D eigenvalue weighted by atomic mass is 19.1. The van der Waals surface area contributed by atoms with E-state index in [-0.39, 0.29) is 37.3 Å². The van der Waals surface area contributed by atoms with Crippen LogP contribution in [0.25, 0.3) is 0 Å². The number of rotatable bonds is 7. The fraction of sp³-hybridized carbons (Fsp3) is 0.609. The molecule has 1 fully saturated rings. The number of aryl methyl sites for hydroxylation is 1. The number of carbonyl (C=O) groups excluding carboxylic acids is 3. The van der Waals surface area contributed by atoms with E-state index >= 15 is 0 Å². The Kier molecular flexibility index (Phi) is 9.18. The summed E-state index contributed by atoms with van der Waals surface area (Å²) in [5, 5.41) is 17.6. The van der Waals surface area contributed by atoms with E-state index in [0.29, 0.717) is 25.8 Å². The van der Waals surface area contributed by atoms with Gasteiger partial charge in [-0.3, -0.25) is 20.0 Å². The Morgan fingerprint density at radius 1 is 1.18 bits per heavy atom. The standard InChI is InChI=1S/C23H34FN3O6/c1-16-15-25(12-13-26(16)22(30)33-23(2,3)4)21(29)18(14-20(28)27(31)32)7-5-6-17-8-10-19(24)11-9-17/h8-11,16,18,31-32H,5-7,12-15H2,1-4H3/t16-,18+/m0/s1. The van der Waals surface area contributed by atoms with Gasteiger partial charge in [-0.25, -0.2) is 9.18 Å². The Hall–Kier alpha value is -2.72. The SMILES string of the molecule is C[C@H]1CN(C(=O)[C@H](CCCc2ccc(F)cc2)CC(=O)N(O)O)CCN1C(=O)OC(C)(C)C. The zero-order valence-corrected chi connectivity index (χ0v) is 19.7. The summed E-state index contributed by atoms with van der Waals surface area (Å²) in [6.45, 7) is 8.04. The van der Waals surface area contributed by atoms with Gasteiger partial charge in [0.15, 0.2) is 0 Å². The average molecular weight is 468 g/mol. The van der Waals surface area contributed by atoms with Crippen molar-refractivity contribution in [2.24, 2.45) is 5.92 Å². The summed E-state index contributed by atoms with van der Waals surface area (Å²) >= 11 is 0. The fourth-order valence-electron chi connectivity index (χ4n) is 3.82. The second kappa shape index (κ2) is 11.4. The first-order valence-electron chi connectivity index (χ1n) is 11.1. The molecule has 0 unspecified atom stereocenters. The first-order chi connectivity index (χ1) is 15.4. The maximum atomic E-state index is 13.2. The molecule has 184 valence electrons. The largest absolute Gasteiger partial charge is 0.444 e. The summed E-state index contributed by atoms with van der Waals surface area (Å²) in [4.78, 5) is 40.7. The lowest BCUT2D eigenvalue weighted by atomic mass is 9.94. The van der Waals surface area contributed by atoms with Crippen LogP contribution in [0.15, 0.2) is 24.3 Å². The maximum Gasteiger partial charge on any atom is 0.410 e. The van der Waals surface area contributed by atoms with Crippen molar-refractivity contribution in [3.05, 3.63) is 35.6 Å². The highest BCUT2D eigenvalue weighted by Crippen LogP contribution is 2.22. The molecular weight excluding hydrogens is 433 g/mol. The summed E-state index contributed by atoms with van der Waals surface area (Å²) < 4.78 is 18.5. The topological polar surface area (TPSA) is 111 Å². The fourth-order valence-corrected chi connectivity index (χ4v) is 3.82. The van der Waals surface area contributed by atoms with Gasteiger partial charge >= 0.3 is 6.09 Å². The molecule has 3 amide bonds.